The van der Waals surface area contributed by atoms with Gasteiger partial charge in [0.15, 0.2) is 0 Å². The number of hydrogen-bond donors (Lipinski definition) is 3. The SMILES string of the molecule is COc1cccc(CCc2ccccc2C(=O)NCC2(O)CCNC2)c1. The average Bonchev–Trinajstić information content (AvgIpc) is 3.12. The normalized spacial score (nSPS) is 19.3. The Balaban J connectivity index is 1.64. The van der Waals surface area contributed by atoms with E-state index in [1.54, 1.807) is 7.11 Å². The van der Waals surface area contributed by atoms with E-state index < -0.39 is 5.60 Å². The van der Waals surface area contributed by atoms with Crippen molar-refractivity contribution in [2.75, 3.05) is 26.7 Å². The van der Waals surface area contributed by atoms with Crippen LogP contribution >= 0.6 is 0 Å². The summed E-state index contributed by atoms with van der Waals surface area (Å²) in [6.45, 7) is 1.57. The zero-order chi connectivity index (χ0) is 18.4. The summed E-state index contributed by atoms with van der Waals surface area (Å²) < 4.78 is 5.27. The van der Waals surface area contributed by atoms with Gasteiger partial charge in [0.1, 0.15) is 5.75 Å². The van der Waals surface area contributed by atoms with Crippen molar-refractivity contribution in [2.45, 2.75) is 24.9 Å². The molecule has 1 atom stereocenters. The van der Waals surface area contributed by atoms with Gasteiger partial charge in [-0.25, -0.2) is 0 Å². The number of ether oxygens (including phenoxy) is 1. The molecule has 1 unspecified atom stereocenters. The fourth-order valence-electron chi connectivity index (χ4n) is 3.29. The fraction of sp³-hybridized carbons (Fsp3) is 0.381. The van der Waals surface area contributed by atoms with E-state index in [1.807, 2.05) is 42.5 Å². The smallest absolute Gasteiger partial charge is 0.251 e. The number of rotatable bonds is 7. The minimum atomic E-state index is -0.842. The second-order valence-electron chi connectivity index (χ2n) is 6.84. The summed E-state index contributed by atoms with van der Waals surface area (Å²) in [6, 6.07) is 15.6. The van der Waals surface area contributed by atoms with Crippen molar-refractivity contribution in [3.05, 3.63) is 65.2 Å². The van der Waals surface area contributed by atoms with Crippen LogP contribution in [0.3, 0.4) is 0 Å². The highest BCUT2D eigenvalue weighted by Gasteiger charge is 2.31. The molecule has 3 N–H and O–H groups in total. The maximum atomic E-state index is 12.6. The van der Waals surface area contributed by atoms with Crippen molar-refractivity contribution in [1.82, 2.24) is 10.6 Å². The number of hydrogen-bond acceptors (Lipinski definition) is 4. The minimum absolute atomic E-state index is 0.133. The van der Waals surface area contributed by atoms with Crippen molar-refractivity contribution in [3.8, 4) is 5.75 Å². The molecule has 2 aromatic carbocycles. The number of carbonyl (C=O) groups is 1. The maximum absolute atomic E-state index is 12.6. The molecule has 138 valence electrons. The molecule has 1 amide bonds. The second kappa shape index (κ2) is 8.34. The quantitative estimate of drug-likeness (QED) is 0.711. The van der Waals surface area contributed by atoms with Gasteiger partial charge in [0.05, 0.1) is 12.7 Å². The fourth-order valence-corrected chi connectivity index (χ4v) is 3.29. The Morgan fingerprint density at radius 1 is 1.23 bits per heavy atom. The third-order valence-electron chi connectivity index (χ3n) is 4.88. The lowest BCUT2D eigenvalue weighted by atomic mass is 9.98. The van der Waals surface area contributed by atoms with Gasteiger partial charge in [-0.1, -0.05) is 30.3 Å². The summed E-state index contributed by atoms with van der Waals surface area (Å²) in [7, 11) is 1.66. The van der Waals surface area contributed by atoms with E-state index in [2.05, 4.69) is 16.7 Å². The van der Waals surface area contributed by atoms with E-state index in [1.165, 1.54) is 5.56 Å². The first-order chi connectivity index (χ1) is 12.6. The van der Waals surface area contributed by atoms with Gasteiger partial charge in [0.25, 0.3) is 5.91 Å². The van der Waals surface area contributed by atoms with Crippen molar-refractivity contribution >= 4 is 5.91 Å². The largest absolute Gasteiger partial charge is 0.497 e. The van der Waals surface area contributed by atoms with Gasteiger partial charge in [-0.15, -0.1) is 0 Å². The highest BCUT2D eigenvalue weighted by Crippen LogP contribution is 2.17. The Hall–Kier alpha value is -2.37. The number of carbonyl (C=O) groups excluding carboxylic acids is 1. The van der Waals surface area contributed by atoms with Crippen LogP contribution in [-0.2, 0) is 12.8 Å². The van der Waals surface area contributed by atoms with Crippen LogP contribution in [0.2, 0.25) is 0 Å². The Labute approximate surface area is 154 Å². The molecule has 0 spiro atoms. The Kier molecular flexibility index (Phi) is 5.91. The van der Waals surface area contributed by atoms with E-state index in [0.29, 0.717) is 18.5 Å². The van der Waals surface area contributed by atoms with Crippen molar-refractivity contribution in [2.24, 2.45) is 0 Å². The second-order valence-corrected chi connectivity index (χ2v) is 6.84. The average molecular weight is 354 g/mol. The molecule has 1 aliphatic heterocycles. The molecular formula is C21H26N2O3. The van der Waals surface area contributed by atoms with Crippen LogP contribution in [0.1, 0.15) is 27.9 Å². The molecule has 2 aromatic rings. The van der Waals surface area contributed by atoms with E-state index in [4.69, 9.17) is 4.74 Å². The molecule has 1 fully saturated rings. The number of β-amino-alcohol motifs (C(OH)–C–C–N with tert-alkyl or cyclic N) is 1. The summed E-state index contributed by atoms with van der Waals surface area (Å²) in [5, 5.41) is 16.4. The molecule has 1 saturated heterocycles. The van der Waals surface area contributed by atoms with Crippen LogP contribution in [-0.4, -0.2) is 43.4 Å². The number of benzene rings is 2. The molecule has 1 heterocycles. The molecule has 0 aromatic heterocycles. The van der Waals surface area contributed by atoms with Gasteiger partial charge >= 0.3 is 0 Å². The third kappa shape index (κ3) is 4.62. The van der Waals surface area contributed by atoms with Gasteiger partial charge in [-0.05, 0) is 55.1 Å². The minimum Gasteiger partial charge on any atom is -0.497 e. The molecule has 26 heavy (non-hydrogen) atoms. The molecule has 5 heteroatoms. The zero-order valence-corrected chi connectivity index (χ0v) is 15.1. The van der Waals surface area contributed by atoms with Crippen LogP contribution in [0.25, 0.3) is 0 Å². The predicted octanol–water partition coefficient (Wildman–Crippen LogP) is 1.93. The molecular weight excluding hydrogens is 328 g/mol. The lowest BCUT2D eigenvalue weighted by Gasteiger charge is -2.22. The van der Waals surface area contributed by atoms with E-state index in [0.717, 1.165) is 30.7 Å². The van der Waals surface area contributed by atoms with Crippen molar-refractivity contribution in [3.63, 3.8) is 0 Å². The van der Waals surface area contributed by atoms with Crippen LogP contribution in [0.4, 0.5) is 0 Å². The third-order valence-corrected chi connectivity index (χ3v) is 4.88. The molecule has 5 nitrogen and oxygen atoms in total. The maximum Gasteiger partial charge on any atom is 0.251 e. The van der Waals surface area contributed by atoms with E-state index in [-0.39, 0.29) is 12.5 Å². The molecule has 1 aliphatic rings. The number of methoxy groups -OCH3 is 1. The number of amides is 1. The Morgan fingerprint density at radius 3 is 2.85 bits per heavy atom. The predicted molar refractivity (Wildman–Crippen MR) is 102 cm³/mol. The van der Waals surface area contributed by atoms with Gasteiger partial charge in [0.2, 0.25) is 0 Å². The van der Waals surface area contributed by atoms with Gasteiger partial charge in [-0.3, -0.25) is 4.79 Å². The summed E-state index contributed by atoms with van der Waals surface area (Å²) >= 11 is 0. The van der Waals surface area contributed by atoms with Crippen LogP contribution in [0.15, 0.2) is 48.5 Å². The molecule has 0 aliphatic carbocycles. The highest BCUT2D eigenvalue weighted by atomic mass is 16.5. The zero-order valence-electron chi connectivity index (χ0n) is 15.1. The molecule has 3 rings (SSSR count). The molecule has 0 radical (unpaired) electrons. The number of aryl methyl sites for hydroxylation is 2. The van der Waals surface area contributed by atoms with Gasteiger partial charge in [0, 0.05) is 18.7 Å². The van der Waals surface area contributed by atoms with Gasteiger partial charge < -0.3 is 20.5 Å². The summed E-state index contributed by atoms with van der Waals surface area (Å²) in [6.07, 6.45) is 2.25. The topological polar surface area (TPSA) is 70.6 Å². The first-order valence-corrected chi connectivity index (χ1v) is 9.02. The van der Waals surface area contributed by atoms with E-state index in [9.17, 15) is 9.90 Å². The van der Waals surface area contributed by atoms with Crippen LogP contribution < -0.4 is 15.4 Å². The highest BCUT2D eigenvalue weighted by molar-refractivity contribution is 5.95. The van der Waals surface area contributed by atoms with Gasteiger partial charge in [-0.2, -0.15) is 0 Å². The molecule has 0 bridgehead atoms. The first-order valence-electron chi connectivity index (χ1n) is 9.02. The summed E-state index contributed by atoms with van der Waals surface area (Å²) in [4.78, 5) is 12.6. The molecule has 0 saturated carbocycles. The lowest BCUT2D eigenvalue weighted by Crippen LogP contribution is -2.44. The standard InChI is InChI=1S/C21H26N2O3/c1-26-18-7-4-5-16(13-18)9-10-17-6-2-3-8-19(17)20(24)23-15-21(25)11-12-22-14-21/h2-8,13,22,25H,9-12,14-15H2,1H3,(H,23,24). The van der Waals surface area contributed by atoms with Crippen molar-refractivity contribution in [1.29, 1.82) is 0 Å². The van der Waals surface area contributed by atoms with E-state index >= 15 is 0 Å². The van der Waals surface area contributed by atoms with Crippen LogP contribution in [0, 0.1) is 0 Å². The number of nitrogens with one attached hydrogen (secondary N) is 2. The summed E-state index contributed by atoms with van der Waals surface area (Å²) in [5.41, 5.74) is 2.01. The monoisotopic (exact) mass is 354 g/mol. The van der Waals surface area contributed by atoms with Crippen molar-refractivity contribution < 1.29 is 14.6 Å². The number of aliphatic hydroxyl groups is 1. The lowest BCUT2D eigenvalue weighted by molar-refractivity contribution is 0.0561. The summed E-state index contributed by atoms with van der Waals surface area (Å²) in [5.74, 6) is 0.707. The van der Waals surface area contributed by atoms with Crippen LogP contribution in [0.5, 0.6) is 5.75 Å². The first kappa shape index (κ1) is 18.4. The Morgan fingerprint density at radius 2 is 2.08 bits per heavy atom. The Bertz CT molecular complexity index is 754.